The molecule has 0 heterocycles. The molecule has 3 fully saturated rings. The molecule has 0 aromatic heterocycles. The monoisotopic (exact) mass is 134 g/mol. The van der Waals surface area contributed by atoms with E-state index in [0.717, 1.165) is 17.8 Å². The Labute approximate surface area is 62.3 Å². The van der Waals surface area contributed by atoms with Gasteiger partial charge in [-0.2, -0.15) is 0 Å². The van der Waals surface area contributed by atoms with Gasteiger partial charge in [0.25, 0.3) is 0 Å². The van der Waals surface area contributed by atoms with E-state index in [-0.39, 0.29) is 0 Å². The molecule has 0 nitrogen and oxygen atoms in total. The molecule has 0 spiro atoms. The van der Waals surface area contributed by atoms with E-state index in [0.29, 0.717) is 0 Å². The maximum atomic E-state index is 3.91. The topological polar surface area (TPSA) is 0 Å². The van der Waals surface area contributed by atoms with Gasteiger partial charge in [-0.05, 0) is 48.9 Å². The SMILES string of the molecule is C=CC1CC2CC3CC1C23. The molecule has 0 aromatic rings. The zero-order valence-electron chi connectivity index (χ0n) is 6.29. The van der Waals surface area contributed by atoms with Crippen LogP contribution in [0.1, 0.15) is 19.3 Å². The first-order valence-corrected chi connectivity index (χ1v) is 4.52. The van der Waals surface area contributed by atoms with Crippen molar-refractivity contribution in [3.8, 4) is 0 Å². The molecule has 54 valence electrons. The van der Waals surface area contributed by atoms with Crippen LogP contribution < -0.4 is 0 Å². The van der Waals surface area contributed by atoms with Gasteiger partial charge >= 0.3 is 0 Å². The van der Waals surface area contributed by atoms with E-state index in [2.05, 4.69) is 12.7 Å². The van der Waals surface area contributed by atoms with Gasteiger partial charge in [0.1, 0.15) is 0 Å². The molecule has 0 saturated heterocycles. The molecule has 0 bridgehead atoms. The number of rotatable bonds is 1. The fraction of sp³-hybridized carbons (Fsp3) is 0.800. The third-order valence-corrected chi connectivity index (χ3v) is 4.19. The molecule has 3 rings (SSSR count). The lowest BCUT2D eigenvalue weighted by atomic mass is 9.51. The predicted molar refractivity (Wildman–Crippen MR) is 41.5 cm³/mol. The van der Waals surface area contributed by atoms with E-state index in [1.54, 1.807) is 6.42 Å². The van der Waals surface area contributed by atoms with Crippen molar-refractivity contribution in [1.82, 2.24) is 0 Å². The van der Waals surface area contributed by atoms with Gasteiger partial charge in [-0.1, -0.05) is 6.08 Å². The maximum Gasteiger partial charge on any atom is -0.0202 e. The summed E-state index contributed by atoms with van der Waals surface area (Å²) < 4.78 is 0. The Hall–Kier alpha value is -0.260. The molecule has 0 heteroatoms. The fourth-order valence-corrected chi connectivity index (χ4v) is 3.66. The highest BCUT2D eigenvalue weighted by atomic mass is 14.6. The first kappa shape index (κ1) is 5.40. The Morgan fingerprint density at radius 2 is 1.90 bits per heavy atom. The summed E-state index contributed by atoms with van der Waals surface area (Å²) >= 11 is 0. The van der Waals surface area contributed by atoms with Crippen molar-refractivity contribution < 1.29 is 0 Å². The van der Waals surface area contributed by atoms with E-state index in [4.69, 9.17) is 0 Å². The molecule has 0 N–H and O–H groups in total. The van der Waals surface area contributed by atoms with Crippen LogP contribution >= 0.6 is 0 Å². The van der Waals surface area contributed by atoms with E-state index >= 15 is 0 Å². The molecular weight excluding hydrogens is 120 g/mol. The van der Waals surface area contributed by atoms with Crippen LogP contribution in [-0.2, 0) is 0 Å². The summed E-state index contributed by atoms with van der Waals surface area (Å²) in [5.41, 5.74) is 0. The van der Waals surface area contributed by atoms with Crippen LogP contribution in [0.4, 0.5) is 0 Å². The average Bonchev–Trinajstić information content (AvgIpc) is 2.06. The molecule has 0 aromatic carbocycles. The number of hydrogen-bond acceptors (Lipinski definition) is 0. The van der Waals surface area contributed by atoms with Crippen molar-refractivity contribution in [3.63, 3.8) is 0 Å². The zero-order chi connectivity index (χ0) is 6.72. The van der Waals surface area contributed by atoms with E-state index in [1.807, 2.05) is 0 Å². The van der Waals surface area contributed by atoms with Gasteiger partial charge in [0.2, 0.25) is 0 Å². The van der Waals surface area contributed by atoms with Crippen LogP contribution in [0.2, 0.25) is 0 Å². The van der Waals surface area contributed by atoms with Gasteiger partial charge in [-0.25, -0.2) is 0 Å². The molecule has 0 aliphatic heterocycles. The van der Waals surface area contributed by atoms with Gasteiger partial charge in [0.15, 0.2) is 0 Å². The number of hydrogen-bond donors (Lipinski definition) is 0. The lowest BCUT2D eigenvalue weighted by Gasteiger charge is -2.53. The highest BCUT2D eigenvalue weighted by Crippen LogP contribution is 2.67. The fourth-order valence-electron chi connectivity index (χ4n) is 3.66. The second-order valence-electron chi connectivity index (χ2n) is 4.37. The molecule has 10 heavy (non-hydrogen) atoms. The van der Waals surface area contributed by atoms with E-state index in [1.165, 1.54) is 24.7 Å². The van der Waals surface area contributed by atoms with Crippen LogP contribution in [0.15, 0.2) is 12.7 Å². The van der Waals surface area contributed by atoms with Crippen molar-refractivity contribution in [3.05, 3.63) is 12.7 Å². The first-order valence-electron chi connectivity index (χ1n) is 4.52. The lowest BCUT2D eigenvalue weighted by molar-refractivity contribution is -0.0448. The highest BCUT2D eigenvalue weighted by Gasteiger charge is 2.60. The Kier molecular flexibility index (Phi) is 0.805. The molecule has 0 radical (unpaired) electrons. The van der Waals surface area contributed by atoms with E-state index in [9.17, 15) is 0 Å². The van der Waals surface area contributed by atoms with Gasteiger partial charge in [0.05, 0.1) is 0 Å². The third kappa shape index (κ3) is 0.398. The molecule has 5 unspecified atom stereocenters. The summed E-state index contributed by atoms with van der Waals surface area (Å²) in [6, 6.07) is 0. The Morgan fingerprint density at radius 3 is 2.50 bits per heavy atom. The normalized spacial score (nSPS) is 62.2. The van der Waals surface area contributed by atoms with Crippen LogP contribution in [0.25, 0.3) is 0 Å². The summed E-state index contributed by atoms with van der Waals surface area (Å²) in [6.45, 7) is 3.91. The summed E-state index contributed by atoms with van der Waals surface area (Å²) in [7, 11) is 0. The standard InChI is InChI=1S/C10H14/c1-2-6-3-7-4-8-5-9(6)10(7)8/h2,6-10H,1,3-5H2. The van der Waals surface area contributed by atoms with E-state index < -0.39 is 0 Å². The third-order valence-electron chi connectivity index (χ3n) is 4.19. The number of allylic oxidation sites excluding steroid dienone is 1. The van der Waals surface area contributed by atoms with Crippen molar-refractivity contribution in [2.24, 2.45) is 29.6 Å². The largest absolute Gasteiger partial charge is 0.103 e. The molecule has 5 atom stereocenters. The van der Waals surface area contributed by atoms with Crippen LogP contribution in [0, 0.1) is 29.6 Å². The molecular formula is C10H14. The Morgan fingerprint density at radius 1 is 1.10 bits per heavy atom. The minimum Gasteiger partial charge on any atom is -0.103 e. The maximum absolute atomic E-state index is 3.91. The Balaban J connectivity index is 1.88. The second-order valence-corrected chi connectivity index (χ2v) is 4.37. The Bertz CT molecular complexity index is 182. The summed E-state index contributed by atoms with van der Waals surface area (Å²) in [4.78, 5) is 0. The summed E-state index contributed by atoms with van der Waals surface area (Å²) in [5.74, 6) is 5.46. The summed E-state index contributed by atoms with van der Waals surface area (Å²) in [6.07, 6.45) is 6.79. The second kappa shape index (κ2) is 1.49. The van der Waals surface area contributed by atoms with Crippen LogP contribution in [0.5, 0.6) is 0 Å². The van der Waals surface area contributed by atoms with Gasteiger partial charge in [-0.15, -0.1) is 6.58 Å². The van der Waals surface area contributed by atoms with Gasteiger partial charge < -0.3 is 0 Å². The predicted octanol–water partition coefficient (Wildman–Crippen LogP) is 2.46. The van der Waals surface area contributed by atoms with Crippen molar-refractivity contribution >= 4 is 0 Å². The zero-order valence-corrected chi connectivity index (χ0v) is 6.29. The van der Waals surface area contributed by atoms with Crippen LogP contribution in [-0.4, -0.2) is 0 Å². The lowest BCUT2D eigenvalue weighted by Crippen LogP contribution is -2.46. The highest BCUT2D eigenvalue weighted by molar-refractivity contribution is 5.12. The molecule has 3 aliphatic carbocycles. The average molecular weight is 134 g/mol. The van der Waals surface area contributed by atoms with Crippen molar-refractivity contribution in [2.45, 2.75) is 19.3 Å². The molecule has 0 amide bonds. The van der Waals surface area contributed by atoms with Gasteiger partial charge in [0, 0.05) is 0 Å². The molecule has 3 saturated carbocycles. The van der Waals surface area contributed by atoms with Crippen molar-refractivity contribution in [2.75, 3.05) is 0 Å². The minimum absolute atomic E-state index is 0.911. The molecule has 3 aliphatic rings. The first-order chi connectivity index (χ1) is 4.90. The minimum atomic E-state index is 0.911. The smallest absolute Gasteiger partial charge is 0.0202 e. The van der Waals surface area contributed by atoms with Crippen LogP contribution in [0.3, 0.4) is 0 Å². The quantitative estimate of drug-likeness (QED) is 0.483. The summed E-state index contributed by atoms with van der Waals surface area (Å²) in [5, 5.41) is 0. The van der Waals surface area contributed by atoms with Gasteiger partial charge in [-0.3, -0.25) is 0 Å². The van der Waals surface area contributed by atoms with Crippen molar-refractivity contribution in [1.29, 1.82) is 0 Å².